The van der Waals surface area contributed by atoms with Crippen molar-refractivity contribution in [3.63, 3.8) is 0 Å². The first-order chi connectivity index (χ1) is 21.4. The van der Waals surface area contributed by atoms with E-state index >= 15 is 0 Å². The molecule has 2 N–H and O–H groups in total. The highest BCUT2D eigenvalue weighted by Gasteiger charge is 2.34. The number of fused-ring (bicyclic) bond motifs is 1. The van der Waals surface area contributed by atoms with Gasteiger partial charge in [-0.3, -0.25) is 4.79 Å². The van der Waals surface area contributed by atoms with Crippen molar-refractivity contribution in [2.45, 2.75) is 71.8 Å². The summed E-state index contributed by atoms with van der Waals surface area (Å²) >= 11 is 0. The van der Waals surface area contributed by atoms with Gasteiger partial charge in [-0.15, -0.1) is 0 Å². The monoisotopic (exact) mass is 612 g/mol. The summed E-state index contributed by atoms with van der Waals surface area (Å²) in [6, 6.07) is 17.6. The van der Waals surface area contributed by atoms with Crippen LogP contribution in [0.25, 0.3) is 10.8 Å². The van der Waals surface area contributed by atoms with Crippen LogP contribution in [0.3, 0.4) is 0 Å². The van der Waals surface area contributed by atoms with E-state index in [9.17, 15) is 14.0 Å². The normalized spacial score (nSPS) is 19.7. The van der Waals surface area contributed by atoms with Crippen molar-refractivity contribution in [1.29, 1.82) is 0 Å². The zero-order chi connectivity index (χ0) is 32.3. The average molecular weight is 613 g/mol. The molecule has 0 radical (unpaired) electrons. The number of hydrogen-bond donors (Lipinski definition) is 2. The fourth-order valence-corrected chi connectivity index (χ4v) is 5.99. The standard InChI is InChI=1S/C37H45FN4O3/c1-7-41-19-18-27(34(38)23-41)14-13-26-15-17-30(32-11-9-8-10-31(26)32)25(3)39-35(43)33-20-28(16-12-24(33)2)40-29-21-42(22-29)36(44)45-37(4,5)6/h8-12,15-17,20,25,27,29,34,40H,7,18-19,21-23H2,1-6H3,(H,39,43)/t25-,27?,34?/m1/s1. The van der Waals surface area contributed by atoms with Crippen LogP contribution in [0.1, 0.15) is 74.1 Å². The van der Waals surface area contributed by atoms with E-state index < -0.39 is 11.8 Å². The lowest BCUT2D eigenvalue weighted by atomic mass is 9.93. The Morgan fingerprint density at radius 2 is 1.80 bits per heavy atom. The van der Waals surface area contributed by atoms with E-state index in [0.717, 1.165) is 52.7 Å². The number of amides is 2. The molecule has 7 nitrogen and oxygen atoms in total. The Hall–Kier alpha value is -4.09. The van der Waals surface area contributed by atoms with Gasteiger partial charge in [0.1, 0.15) is 11.8 Å². The SMILES string of the molecule is CCN1CCC(C#Cc2ccc([C@@H](C)NC(=O)c3cc(NC4CN(C(=O)OC(C)(C)C)C4)ccc3C)c3ccccc23)C(F)C1. The minimum Gasteiger partial charge on any atom is -0.444 e. The number of benzene rings is 3. The van der Waals surface area contributed by atoms with E-state index in [-0.39, 0.29) is 30.0 Å². The first-order valence-corrected chi connectivity index (χ1v) is 16.0. The number of alkyl halides is 1. The molecular weight excluding hydrogens is 567 g/mol. The van der Waals surface area contributed by atoms with Crippen LogP contribution in [0, 0.1) is 24.7 Å². The van der Waals surface area contributed by atoms with Crippen molar-refractivity contribution in [1.82, 2.24) is 15.1 Å². The molecule has 238 valence electrons. The number of aryl methyl sites for hydroxylation is 1. The maximum atomic E-state index is 14.8. The van der Waals surface area contributed by atoms with E-state index in [4.69, 9.17) is 4.74 Å². The van der Waals surface area contributed by atoms with Gasteiger partial charge in [0, 0.05) is 36.4 Å². The van der Waals surface area contributed by atoms with Gasteiger partial charge < -0.3 is 25.2 Å². The van der Waals surface area contributed by atoms with Crippen LogP contribution in [-0.2, 0) is 4.74 Å². The molecule has 8 heteroatoms. The summed E-state index contributed by atoms with van der Waals surface area (Å²) in [4.78, 5) is 29.6. The Kier molecular flexibility index (Phi) is 9.69. The number of hydrogen-bond acceptors (Lipinski definition) is 5. The van der Waals surface area contributed by atoms with Gasteiger partial charge in [-0.05, 0) is 94.2 Å². The van der Waals surface area contributed by atoms with Crippen molar-refractivity contribution in [2.24, 2.45) is 5.92 Å². The van der Waals surface area contributed by atoms with Crippen molar-refractivity contribution >= 4 is 28.5 Å². The number of halogens is 1. The van der Waals surface area contributed by atoms with Gasteiger partial charge in [0.05, 0.1) is 18.0 Å². The van der Waals surface area contributed by atoms with Crippen molar-refractivity contribution < 1.29 is 18.7 Å². The number of anilines is 1. The van der Waals surface area contributed by atoms with Crippen molar-refractivity contribution in [3.8, 4) is 11.8 Å². The number of rotatable bonds is 6. The number of carbonyl (C=O) groups is 2. The van der Waals surface area contributed by atoms with Crippen LogP contribution in [0.5, 0.6) is 0 Å². The van der Waals surface area contributed by atoms with E-state index in [1.54, 1.807) is 4.90 Å². The summed E-state index contributed by atoms with van der Waals surface area (Å²) in [6.45, 7) is 14.8. The number of nitrogens with zero attached hydrogens (tertiary/aromatic N) is 2. The summed E-state index contributed by atoms with van der Waals surface area (Å²) in [7, 11) is 0. The van der Waals surface area contributed by atoms with Crippen LogP contribution < -0.4 is 10.6 Å². The van der Waals surface area contributed by atoms with Crippen LogP contribution in [0.4, 0.5) is 14.9 Å². The maximum Gasteiger partial charge on any atom is 0.410 e. The van der Waals surface area contributed by atoms with E-state index in [0.29, 0.717) is 25.2 Å². The van der Waals surface area contributed by atoms with Gasteiger partial charge >= 0.3 is 6.09 Å². The third-order valence-electron chi connectivity index (χ3n) is 8.62. The highest BCUT2D eigenvalue weighted by atomic mass is 19.1. The Bertz CT molecular complexity index is 1620. The van der Waals surface area contributed by atoms with E-state index in [1.807, 2.05) is 89.2 Å². The molecule has 2 heterocycles. The lowest BCUT2D eigenvalue weighted by molar-refractivity contribution is 0.0105. The van der Waals surface area contributed by atoms with Crippen LogP contribution in [-0.4, -0.2) is 72.3 Å². The van der Waals surface area contributed by atoms with Gasteiger partial charge in [-0.25, -0.2) is 9.18 Å². The summed E-state index contributed by atoms with van der Waals surface area (Å²) in [6.07, 6.45) is -0.514. The molecule has 45 heavy (non-hydrogen) atoms. The summed E-state index contributed by atoms with van der Waals surface area (Å²) < 4.78 is 20.2. The molecule has 0 spiro atoms. The van der Waals surface area contributed by atoms with Gasteiger partial charge in [0.2, 0.25) is 0 Å². The second kappa shape index (κ2) is 13.5. The zero-order valence-electron chi connectivity index (χ0n) is 27.2. The Morgan fingerprint density at radius 3 is 2.49 bits per heavy atom. The third kappa shape index (κ3) is 7.77. The Morgan fingerprint density at radius 1 is 1.07 bits per heavy atom. The molecule has 2 saturated heterocycles. The molecule has 3 atom stereocenters. The molecule has 3 aromatic rings. The van der Waals surface area contributed by atoms with Crippen LogP contribution in [0.15, 0.2) is 54.6 Å². The summed E-state index contributed by atoms with van der Waals surface area (Å²) in [5, 5.41) is 8.64. The number of nitrogens with one attached hydrogen (secondary N) is 2. The second-order valence-corrected chi connectivity index (χ2v) is 13.3. The molecule has 0 aromatic heterocycles. The number of ether oxygens (including phenoxy) is 1. The molecule has 2 aliphatic rings. The molecule has 2 amide bonds. The van der Waals surface area contributed by atoms with Gasteiger partial charge in [0.15, 0.2) is 0 Å². The predicted molar refractivity (Wildman–Crippen MR) is 178 cm³/mol. The third-order valence-corrected chi connectivity index (χ3v) is 8.62. The van der Waals surface area contributed by atoms with Crippen molar-refractivity contribution in [2.75, 3.05) is 38.0 Å². The molecule has 2 unspecified atom stereocenters. The maximum absolute atomic E-state index is 14.8. The largest absolute Gasteiger partial charge is 0.444 e. The fraction of sp³-hybridized carbons (Fsp3) is 0.459. The first-order valence-electron chi connectivity index (χ1n) is 16.0. The minimum atomic E-state index is -0.940. The molecular formula is C37H45FN4O3. The lowest BCUT2D eigenvalue weighted by Gasteiger charge is -2.40. The van der Waals surface area contributed by atoms with Crippen molar-refractivity contribution in [3.05, 3.63) is 76.9 Å². The van der Waals surface area contributed by atoms with Gasteiger partial charge in [-0.1, -0.05) is 55.2 Å². The molecule has 0 aliphatic carbocycles. The molecule has 3 aromatic carbocycles. The number of likely N-dealkylation sites (tertiary alicyclic amines) is 2. The fourth-order valence-electron chi connectivity index (χ4n) is 5.99. The zero-order valence-corrected chi connectivity index (χ0v) is 27.2. The van der Waals surface area contributed by atoms with Crippen LogP contribution >= 0.6 is 0 Å². The molecule has 0 saturated carbocycles. The predicted octanol–water partition coefficient (Wildman–Crippen LogP) is 6.70. The van der Waals surface area contributed by atoms with Gasteiger partial charge in [-0.2, -0.15) is 0 Å². The Balaban J connectivity index is 1.26. The molecule has 5 rings (SSSR count). The number of carbonyl (C=O) groups excluding carboxylic acids is 2. The number of piperidine rings is 1. The van der Waals surface area contributed by atoms with E-state index in [2.05, 4.69) is 34.3 Å². The Labute approximate surface area is 266 Å². The minimum absolute atomic E-state index is 0.0861. The summed E-state index contributed by atoms with van der Waals surface area (Å²) in [5.41, 5.74) is 3.64. The smallest absolute Gasteiger partial charge is 0.410 e. The summed E-state index contributed by atoms with van der Waals surface area (Å²) in [5.74, 6) is 6.09. The lowest BCUT2D eigenvalue weighted by Crippen LogP contribution is -2.57. The quantitative estimate of drug-likeness (QED) is 0.303. The molecule has 2 fully saturated rings. The molecule has 2 aliphatic heterocycles. The highest BCUT2D eigenvalue weighted by molar-refractivity contribution is 5.97. The van der Waals surface area contributed by atoms with Gasteiger partial charge in [0.25, 0.3) is 5.91 Å². The molecule has 0 bridgehead atoms. The topological polar surface area (TPSA) is 73.9 Å². The van der Waals surface area contributed by atoms with E-state index in [1.165, 1.54) is 0 Å². The van der Waals surface area contributed by atoms with Crippen LogP contribution in [0.2, 0.25) is 0 Å². The second-order valence-electron chi connectivity index (χ2n) is 13.3. The highest BCUT2D eigenvalue weighted by Crippen LogP contribution is 2.29. The average Bonchev–Trinajstić information content (AvgIpc) is 2.97. The first kappa shape index (κ1) is 32.3.